The Balaban J connectivity index is 2.10. The fraction of sp³-hybridized carbons (Fsp3) is 0.280. The quantitative estimate of drug-likeness (QED) is 0.444. The van der Waals surface area contributed by atoms with Crippen molar-refractivity contribution in [2.75, 3.05) is 6.61 Å². The highest BCUT2D eigenvalue weighted by Gasteiger charge is 2.36. The molecule has 1 aromatic heterocycles. The molecule has 4 nitrogen and oxygen atoms in total. The number of benzene rings is 2. The second kappa shape index (κ2) is 9.84. The molecule has 2 aromatic carbocycles. The Kier molecular flexibility index (Phi) is 7.16. The number of rotatable bonds is 7. The van der Waals surface area contributed by atoms with E-state index in [1.807, 2.05) is 32.0 Å². The molecule has 0 atom stereocenters. The van der Waals surface area contributed by atoms with Crippen molar-refractivity contribution in [3.05, 3.63) is 92.8 Å². The zero-order chi connectivity index (χ0) is 23.3. The average Bonchev–Trinajstić information content (AvgIpc) is 2.75. The Morgan fingerprint density at radius 3 is 2.34 bits per heavy atom. The van der Waals surface area contributed by atoms with Crippen LogP contribution in [-0.2, 0) is 24.1 Å². The minimum Gasteiger partial charge on any atom is -0.377 e. The number of halogens is 3. The Bertz CT molecular complexity index is 1190. The van der Waals surface area contributed by atoms with Crippen LogP contribution < -0.4 is 5.56 Å². The van der Waals surface area contributed by atoms with Crippen LogP contribution in [0.2, 0.25) is 0 Å². The number of pyridine rings is 1. The van der Waals surface area contributed by atoms with Gasteiger partial charge in [-0.25, -0.2) is 0 Å². The van der Waals surface area contributed by atoms with Crippen LogP contribution in [-0.4, -0.2) is 11.2 Å². The highest BCUT2D eigenvalue weighted by molar-refractivity contribution is 5.63. The fourth-order valence-corrected chi connectivity index (χ4v) is 3.44. The van der Waals surface area contributed by atoms with Gasteiger partial charge in [0.2, 0.25) is 0 Å². The van der Waals surface area contributed by atoms with Crippen LogP contribution in [0.25, 0.3) is 11.3 Å². The molecule has 7 heteroatoms. The number of hydrogen-bond acceptors (Lipinski definition) is 3. The second-order valence-corrected chi connectivity index (χ2v) is 7.56. The summed E-state index contributed by atoms with van der Waals surface area (Å²) < 4.78 is 47.6. The van der Waals surface area contributed by atoms with Crippen molar-refractivity contribution in [3.8, 4) is 17.3 Å². The van der Waals surface area contributed by atoms with Crippen molar-refractivity contribution >= 4 is 0 Å². The summed E-state index contributed by atoms with van der Waals surface area (Å²) in [4.78, 5) is 13.0. The minimum absolute atomic E-state index is 0.0328. The van der Waals surface area contributed by atoms with E-state index in [2.05, 4.69) is 0 Å². The maximum atomic E-state index is 13.6. The molecule has 0 saturated carbocycles. The van der Waals surface area contributed by atoms with Gasteiger partial charge in [0, 0.05) is 6.61 Å². The molecule has 0 unspecified atom stereocenters. The average molecular weight is 440 g/mol. The lowest BCUT2D eigenvalue weighted by Crippen LogP contribution is -2.28. The van der Waals surface area contributed by atoms with Gasteiger partial charge in [0.1, 0.15) is 11.6 Å². The molecule has 1 heterocycles. The van der Waals surface area contributed by atoms with E-state index in [-0.39, 0.29) is 12.2 Å². The van der Waals surface area contributed by atoms with Crippen LogP contribution in [0.5, 0.6) is 0 Å². The zero-order valence-corrected chi connectivity index (χ0v) is 17.9. The number of aryl methyl sites for hydroxylation is 1. The Morgan fingerprint density at radius 2 is 1.75 bits per heavy atom. The SMILES string of the molecule is CCCOCc1ccc(Cn2c(-c3cccc(C)c3)cc(C(F)(F)F)c(C#N)c2=O)cc1. The summed E-state index contributed by atoms with van der Waals surface area (Å²) in [6.07, 6.45) is -3.90. The summed E-state index contributed by atoms with van der Waals surface area (Å²) in [5.74, 6) is 0. The highest BCUT2D eigenvalue weighted by Crippen LogP contribution is 2.34. The third-order valence-electron chi connectivity index (χ3n) is 5.01. The third kappa shape index (κ3) is 5.27. The van der Waals surface area contributed by atoms with E-state index < -0.39 is 22.9 Å². The van der Waals surface area contributed by atoms with Crippen LogP contribution in [0.3, 0.4) is 0 Å². The summed E-state index contributed by atoms with van der Waals surface area (Å²) in [7, 11) is 0. The molecule has 166 valence electrons. The number of nitrogens with zero attached hydrogens (tertiary/aromatic N) is 2. The molecule has 0 fully saturated rings. The van der Waals surface area contributed by atoms with Gasteiger partial charge < -0.3 is 9.30 Å². The lowest BCUT2D eigenvalue weighted by Gasteiger charge is -2.18. The van der Waals surface area contributed by atoms with Gasteiger partial charge >= 0.3 is 6.18 Å². The van der Waals surface area contributed by atoms with E-state index in [9.17, 15) is 23.2 Å². The number of aromatic nitrogens is 1. The van der Waals surface area contributed by atoms with Gasteiger partial charge in [-0.3, -0.25) is 4.79 Å². The van der Waals surface area contributed by atoms with E-state index in [0.29, 0.717) is 18.8 Å². The first kappa shape index (κ1) is 23.3. The molecular formula is C25H23F3N2O2. The topological polar surface area (TPSA) is 55.0 Å². The summed E-state index contributed by atoms with van der Waals surface area (Å²) in [6.45, 7) is 4.98. The van der Waals surface area contributed by atoms with Gasteiger partial charge in [0.25, 0.3) is 5.56 Å². The summed E-state index contributed by atoms with van der Waals surface area (Å²) in [5, 5.41) is 9.32. The van der Waals surface area contributed by atoms with Crippen LogP contribution in [0, 0.1) is 18.3 Å². The van der Waals surface area contributed by atoms with Crippen LogP contribution in [0.15, 0.2) is 59.4 Å². The van der Waals surface area contributed by atoms with E-state index in [4.69, 9.17) is 4.74 Å². The molecule has 0 bridgehead atoms. The fourth-order valence-electron chi connectivity index (χ4n) is 3.44. The Morgan fingerprint density at radius 1 is 1.06 bits per heavy atom. The molecule has 0 aliphatic carbocycles. The van der Waals surface area contributed by atoms with Crippen molar-refractivity contribution in [1.29, 1.82) is 5.26 Å². The van der Waals surface area contributed by atoms with Crippen molar-refractivity contribution in [3.63, 3.8) is 0 Å². The van der Waals surface area contributed by atoms with E-state index in [0.717, 1.165) is 29.2 Å². The second-order valence-electron chi connectivity index (χ2n) is 7.56. The van der Waals surface area contributed by atoms with Crippen LogP contribution >= 0.6 is 0 Å². The molecule has 0 aliphatic heterocycles. The molecule has 0 saturated heterocycles. The standard InChI is InChI=1S/C25H23F3N2O2/c1-3-11-32-16-19-9-7-18(8-10-19)15-30-23(20-6-4-5-17(2)12-20)13-22(25(26,27)28)21(14-29)24(30)31/h4-10,12-13H,3,11,15-16H2,1-2H3. The van der Waals surface area contributed by atoms with E-state index in [1.165, 1.54) is 10.6 Å². The molecule has 3 rings (SSSR count). The van der Waals surface area contributed by atoms with Gasteiger partial charge in [-0.1, -0.05) is 55.0 Å². The first-order valence-electron chi connectivity index (χ1n) is 10.2. The van der Waals surface area contributed by atoms with Gasteiger partial charge in [-0.2, -0.15) is 18.4 Å². The van der Waals surface area contributed by atoms with Gasteiger partial charge in [-0.05, 0) is 42.2 Å². The molecular weight excluding hydrogens is 417 g/mol. The van der Waals surface area contributed by atoms with Gasteiger partial charge in [0.05, 0.1) is 24.4 Å². The predicted molar refractivity (Wildman–Crippen MR) is 116 cm³/mol. The maximum absolute atomic E-state index is 13.6. The van der Waals surface area contributed by atoms with Gasteiger partial charge in [0.15, 0.2) is 0 Å². The summed E-state index contributed by atoms with van der Waals surface area (Å²) in [5.41, 5.74) is 0.0224. The van der Waals surface area contributed by atoms with Crippen molar-refractivity contribution in [2.24, 2.45) is 0 Å². The third-order valence-corrected chi connectivity index (χ3v) is 5.01. The lowest BCUT2D eigenvalue weighted by atomic mass is 10.0. The number of ether oxygens (including phenoxy) is 1. The Labute approximate surface area is 184 Å². The monoisotopic (exact) mass is 440 g/mol. The molecule has 0 amide bonds. The van der Waals surface area contributed by atoms with Crippen LogP contribution in [0.4, 0.5) is 13.2 Å². The minimum atomic E-state index is -4.82. The van der Waals surface area contributed by atoms with Crippen molar-refractivity contribution in [1.82, 2.24) is 4.57 Å². The molecule has 0 spiro atoms. The van der Waals surface area contributed by atoms with Crippen molar-refractivity contribution in [2.45, 2.75) is 39.6 Å². The normalized spacial score (nSPS) is 11.4. The number of alkyl halides is 3. The zero-order valence-electron chi connectivity index (χ0n) is 17.9. The molecule has 0 N–H and O–H groups in total. The number of nitriles is 1. The predicted octanol–water partition coefficient (Wildman–Crippen LogP) is 5.69. The summed E-state index contributed by atoms with van der Waals surface area (Å²) >= 11 is 0. The molecule has 3 aromatic rings. The number of hydrogen-bond donors (Lipinski definition) is 0. The van der Waals surface area contributed by atoms with Gasteiger partial charge in [-0.15, -0.1) is 0 Å². The smallest absolute Gasteiger partial charge is 0.377 e. The largest absolute Gasteiger partial charge is 0.417 e. The molecule has 0 aliphatic rings. The lowest BCUT2D eigenvalue weighted by molar-refractivity contribution is -0.137. The molecule has 0 radical (unpaired) electrons. The Hall–Kier alpha value is -3.37. The van der Waals surface area contributed by atoms with Crippen LogP contribution in [0.1, 0.15) is 41.2 Å². The maximum Gasteiger partial charge on any atom is 0.417 e. The summed E-state index contributed by atoms with van der Waals surface area (Å²) in [6, 6.07) is 16.6. The highest BCUT2D eigenvalue weighted by atomic mass is 19.4. The van der Waals surface area contributed by atoms with Crippen molar-refractivity contribution < 1.29 is 17.9 Å². The first-order chi connectivity index (χ1) is 15.2. The first-order valence-corrected chi connectivity index (χ1v) is 10.2. The molecule has 32 heavy (non-hydrogen) atoms. The van der Waals surface area contributed by atoms with E-state index >= 15 is 0 Å². The van der Waals surface area contributed by atoms with E-state index in [1.54, 1.807) is 30.3 Å².